The zero-order valence-electron chi connectivity index (χ0n) is 16.1. The van der Waals surface area contributed by atoms with Gasteiger partial charge in [0.05, 0.1) is 5.52 Å². The number of aromatic nitrogens is 1. The molecule has 140 valence electrons. The third-order valence-corrected chi connectivity index (χ3v) is 8.36. The number of hydrogen-bond acceptors (Lipinski definition) is 2. The molecule has 3 heteroatoms. The number of fused-ring (bicyclic) bond motifs is 3. The van der Waals surface area contributed by atoms with Gasteiger partial charge in [0, 0.05) is 21.4 Å². The number of pyridine rings is 1. The summed E-state index contributed by atoms with van der Waals surface area (Å²) in [6, 6.07) is 33.9. The smallest absolute Gasteiger partial charge is 0.189 e. The Morgan fingerprint density at radius 3 is 1.86 bits per heavy atom. The molecule has 0 fully saturated rings. The standard InChI is InChI=1S/C26H20NOP/c1-19-16-17-22-23-14-8-9-15-25(23)27-26(24(22)18-19)29(28,20-10-4-2-5-11-20)21-12-6-3-7-13-21/h2-18H,1H3. The molecule has 0 aliphatic carbocycles. The molecule has 29 heavy (non-hydrogen) atoms. The Labute approximate surface area is 170 Å². The SMILES string of the molecule is Cc1ccc2c(c1)c(P(=O)(c1ccccc1)c1ccccc1)nc1ccccc12. The highest BCUT2D eigenvalue weighted by Crippen LogP contribution is 2.44. The van der Waals surface area contributed by atoms with Gasteiger partial charge in [-0.1, -0.05) is 96.6 Å². The van der Waals surface area contributed by atoms with Crippen LogP contribution < -0.4 is 16.0 Å². The lowest BCUT2D eigenvalue weighted by atomic mass is 10.0. The molecule has 0 bridgehead atoms. The normalized spacial score (nSPS) is 11.8. The van der Waals surface area contributed by atoms with E-state index in [-0.39, 0.29) is 0 Å². The predicted molar refractivity (Wildman–Crippen MR) is 123 cm³/mol. The van der Waals surface area contributed by atoms with Gasteiger partial charge in [-0.2, -0.15) is 0 Å². The van der Waals surface area contributed by atoms with E-state index in [1.807, 2.05) is 78.9 Å². The van der Waals surface area contributed by atoms with Gasteiger partial charge in [0.1, 0.15) is 5.44 Å². The first kappa shape index (κ1) is 17.8. The lowest BCUT2D eigenvalue weighted by molar-refractivity contribution is 0.592. The lowest BCUT2D eigenvalue weighted by Gasteiger charge is -2.21. The Balaban J connectivity index is 1.97. The van der Waals surface area contributed by atoms with Crippen molar-refractivity contribution in [1.29, 1.82) is 0 Å². The second kappa shape index (κ2) is 6.99. The number of nitrogens with zero attached hydrogens (tertiary/aromatic N) is 1. The first-order valence-corrected chi connectivity index (χ1v) is 11.4. The first-order chi connectivity index (χ1) is 14.2. The fraction of sp³-hybridized carbons (Fsp3) is 0.0385. The summed E-state index contributed by atoms with van der Waals surface area (Å²) in [6.45, 7) is 2.06. The highest BCUT2D eigenvalue weighted by atomic mass is 31.2. The molecule has 0 N–H and O–H groups in total. The average Bonchev–Trinajstić information content (AvgIpc) is 2.79. The van der Waals surface area contributed by atoms with Crippen LogP contribution in [0.3, 0.4) is 0 Å². The van der Waals surface area contributed by atoms with Crippen molar-refractivity contribution < 1.29 is 4.57 Å². The van der Waals surface area contributed by atoms with E-state index in [4.69, 9.17) is 4.98 Å². The second-order valence-electron chi connectivity index (χ2n) is 7.28. The van der Waals surface area contributed by atoms with Crippen LogP contribution in [0, 0.1) is 6.92 Å². The molecule has 0 aliphatic rings. The van der Waals surface area contributed by atoms with Gasteiger partial charge < -0.3 is 4.57 Å². The molecule has 0 saturated carbocycles. The number of aryl methyl sites for hydroxylation is 1. The molecule has 2 nitrogen and oxygen atoms in total. The van der Waals surface area contributed by atoms with E-state index in [0.29, 0.717) is 5.44 Å². The summed E-state index contributed by atoms with van der Waals surface area (Å²) < 4.78 is 14.9. The third kappa shape index (κ3) is 2.88. The summed E-state index contributed by atoms with van der Waals surface area (Å²) in [5, 5.41) is 4.73. The van der Waals surface area contributed by atoms with Crippen molar-refractivity contribution >= 4 is 44.9 Å². The van der Waals surface area contributed by atoms with Crippen molar-refractivity contribution in [2.45, 2.75) is 6.92 Å². The summed E-state index contributed by atoms with van der Waals surface area (Å²) in [4.78, 5) is 5.01. The van der Waals surface area contributed by atoms with E-state index in [1.54, 1.807) is 0 Å². The van der Waals surface area contributed by atoms with E-state index in [2.05, 4.69) is 31.2 Å². The van der Waals surface area contributed by atoms with Gasteiger partial charge in [-0.15, -0.1) is 0 Å². The molecule has 0 aliphatic heterocycles. The summed E-state index contributed by atoms with van der Waals surface area (Å²) >= 11 is 0. The molecule has 4 aromatic carbocycles. The van der Waals surface area contributed by atoms with Crippen LogP contribution in [-0.2, 0) is 4.57 Å². The highest BCUT2D eigenvalue weighted by Gasteiger charge is 2.33. The van der Waals surface area contributed by atoms with E-state index in [0.717, 1.165) is 37.8 Å². The van der Waals surface area contributed by atoms with Gasteiger partial charge in [0.25, 0.3) is 0 Å². The quantitative estimate of drug-likeness (QED) is 0.306. The molecule has 0 saturated heterocycles. The van der Waals surface area contributed by atoms with Crippen LogP contribution in [0.1, 0.15) is 5.56 Å². The fourth-order valence-electron chi connectivity index (χ4n) is 3.96. The highest BCUT2D eigenvalue weighted by molar-refractivity contribution is 7.85. The van der Waals surface area contributed by atoms with E-state index in [9.17, 15) is 4.57 Å². The molecular formula is C26H20NOP. The predicted octanol–water partition coefficient (Wildman–Crippen LogP) is 5.34. The maximum atomic E-state index is 14.9. The lowest BCUT2D eigenvalue weighted by Crippen LogP contribution is -2.27. The Hall–Kier alpha value is -3.22. The monoisotopic (exact) mass is 393 g/mol. The van der Waals surface area contributed by atoms with Gasteiger partial charge in [-0.25, -0.2) is 4.98 Å². The van der Waals surface area contributed by atoms with Gasteiger partial charge in [-0.05, 0) is 24.4 Å². The van der Waals surface area contributed by atoms with Gasteiger partial charge in [0.2, 0.25) is 0 Å². The van der Waals surface area contributed by atoms with Crippen molar-refractivity contribution in [3.8, 4) is 0 Å². The van der Waals surface area contributed by atoms with Crippen LogP contribution >= 0.6 is 7.14 Å². The van der Waals surface area contributed by atoms with E-state index in [1.165, 1.54) is 0 Å². The minimum Gasteiger partial charge on any atom is -0.307 e. The molecule has 5 rings (SSSR count). The summed E-state index contributed by atoms with van der Waals surface area (Å²) in [5.74, 6) is 0. The second-order valence-corrected chi connectivity index (χ2v) is 9.96. The first-order valence-electron chi connectivity index (χ1n) is 9.69. The summed E-state index contributed by atoms with van der Waals surface area (Å²) in [7, 11) is -3.16. The zero-order valence-corrected chi connectivity index (χ0v) is 17.0. The molecule has 0 amide bonds. The minimum atomic E-state index is -3.16. The molecule has 0 spiro atoms. The maximum Gasteiger partial charge on any atom is 0.189 e. The van der Waals surface area contributed by atoms with Crippen LogP contribution in [0.15, 0.2) is 103 Å². The maximum absolute atomic E-state index is 14.9. The fourth-order valence-corrected chi connectivity index (χ4v) is 6.70. The van der Waals surface area contributed by atoms with Gasteiger partial charge in [-0.3, -0.25) is 0 Å². The largest absolute Gasteiger partial charge is 0.307 e. The Morgan fingerprint density at radius 1 is 0.621 bits per heavy atom. The van der Waals surface area contributed by atoms with Crippen LogP contribution in [0.5, 0.6) is 0 Å². The number of benzene rings is 4. The summed E-state index contributed by atoms with van der Waals surface area (Å²) in [6.07, 6.45) is 0. The Morgan fingerprint density at radius 2 is 1.21 bits per heavy atom. The van der Waals surface area contributed by atoms with E-state index >= 15 is 0 Å². The van der Waals surface area contributed by atoms with Crippen LogP contribution in [0.25, 0.3) is 21.7 Å². The third-order valence-electron chi connectivity index (χ3n) is 5.37. The molecular weight excluding hydrogens is 373 g/mol. The van der Waals surface area contributed by atoms with Crippen molar-refractivity contribution in [1.82, 2.24) is 4.98 Å². The molecule has 0 unspecified atom stereocenters. The van der Waals surface area contributed by atoms with Crippen molar-refractivity contribution in [3.63, 3.8) is 0 Å². The van der Waals surface area contributed by atoms with E-state index < -0.39 is 7.14 Å². The van der Waals surface area contributed by atoms with Crippen LogP contribution in [0.4, 0.5) is 0 Å². The molecule has 0 radical (unpaired) electrons. The number of para-hydroxylation sites is 1. The Bertz CT molecular complexity index is 1330. The Kier molecular flexibility index (Phi) is 4.30. The summed E-state index contributed by atoms with van der Waals surface area (Å²) in [5.41, 5.74) is 2.65. The van der Waals surface area contributed by atoms with Crippen molar-refractivity contribution in [3.05, 3.63) is 109 Å². The van der Waals surface area contributed by atoms with Crippen molar-refractivity contribution in [2.24, 2.45) is 0 Å². The minimum absolute atomic E-state index is 0.660. The van der Waals surface area contributed by atoms with Crippen molar-refractivity contribution in [2.75, 3.05) is 0 Å². The van der Waals surface area contributed by atoms with Crippen LogP contribution in [0.2, 0.25) is 0 Å². The van der Waals surface area contributed by atoms with Gasteiger partial charge in [0.15, 0.2) is 7.14 Å². The molecule has 5 aromatic rings. The molecule has 0 atom stereocenters. The molecule has 1 heterocycles. The van der Waals surface area contributed by atoms with Crippen LogP contribution in [-0.4, -0.2) is 4.98 Å². The molecule has 1 aromatic heterocycles. The average molecular weight is 393 g/mol. The number of rotatable bonds is 3. The zero-order chi connectivity index (χ0) is 19.8. The topological polar surface area (TPSA) is 30.0 Å². The van der Waals surface area contributed by atoms with Gasteiger partial charge >= 0.3 is 0 Å². The number of hydrogen-bond donors (Lipinski definition) is 0.